The Balaban J connectivity index is 1.98. The summed E-state index contributed by atoms with van der Waals surface area (Å²) in [6, 6.07) is 10.7. The van der Waals surface area contributed by atoms with Gasteiger partial charge in [-0.15, -0.1) is 0 Å². The van der Waals surface area contributed by atoms with Crippen molar-refractivity contribution in [3.63, 3.8) is 0 Å². The normalized spacial score (nSPS) is 12.4. The van der Waals surface area contributed by atoms with Crippen LogP contribution in [0.15, 0.2) is 42.6 Å². The molecule has 0 saturated heterocycles. The maximum absolute atomic E-state index is 12.8. The molecule has 2 nitrogen and oxygen atoms in total. The van der Waals surface area contributed by atoms with Crippen LogP contribution in [0, 0.1) is 12.7 Å². The Bertz CT molecular complexity index is 508. The summed E-state index contributed by atoms with van der Waals surface area (Å²) in [7, 11) is 0. The average molecular weight is 244 g/mol. The summed E-state index contributed by atoms with van der Waals surface area (Å²) >= 11 is 0. The van der Waals surface area contributed by atoms with Crippen molar-refractivity contribution in [3.05, 3.63) is 65.2 Å². The average Bonchev–Trinajstić information content (AvgIpc) is 2.38. The maximum atomic E-state index is 12.8. The summed E-state index contributed by atoms with van der Waals surface area (Å²) in [6.45, 7) is 4.82. The van der Waals surface area contributed by atoms with Crippen molar-refractivity contribution in [3.8, 4) is 0 Å². The Morgan fingerprint density at radius 2 is 1.94 bits per heavy atom. The molecule has 1 atom stereocenters. The zero-order valence-electron chi connectivity index (χ0n) is 10.7. The van der Waals surface area contributed by atoms with Crippen molar-refractivity contribution < 1.29 is 4.39 Å². The summed E-state index contributed by atoms with van der Waals surface area (Å²) in [5.41, 5.74) is 3.30. The summed E-state index contributed by atoms with van der Waals surface area (Å²) in [5, 5.41) is 3.39. The third-order valence-electron chi connectivity index (χ3n) is 3.06. The molecule has 94 valence electrons. The summed E-state index contributed by atoms with van der Waals surface area (Å²) < 4.78 is 12.8. The van der Waals surface area contributed by atoms with Crippen LogP contribution >= 0.6 is 0 Å². The maximum Gasteiger partial charge on any atom is 0.123 e. The van der Waals surface area contributed by atoms with E-state index in [2.05, 4.69) is 17.2 Å². The van der Waals surface area contributed by atoms with E-state index >= 15 is 0 Å². The first kappa shape index (κ1) is 12.7. The Kier molecular flexibility index (Phi) is 4.05. The molecular weight excluding hydrogens is 227 g/mol. The highest BCUT2D eigenvalue weighted by atomic mass is 19.1. The third-order valence-corrected chi connectivity index (χ3v) is 3.06. The fraction of sp³-hybridized carbons (Fsp3) is 0.267. The zero-order valence-corrected chi connectivity index (χ0v) is 10.7. The van der Waals surface area contributed by atoms with Crippen molar-refractivity contribution >= 4 is 0 Å². The van der Waals surface area contributed by atoms with Crippen LogP contribution in [0.25, 0.3) is 0 Å². The predicted molar refractivity (Wildman–Crippen MR) is 70.6 cm³/mol. The highest BCUT2D eigenvalue weighted by molar-refractivity contribution is 5.21. The van der Waals surface area contributed by atoms with Crippen molar-refractivity contribution in [1.29, 1.82) is 0 Å². The zero-order chi connectivity index (χ0) is 13.0. The van der Waals surface area contributed by atoms with Gasteiger partial charge in [-0.1, -0.05) is 18.2 Å². The van der Waals surface area contributed by atoms with Gasteiger partial charge in [0.1, 0.15) is 5.82 Å². The smallest absolute Gasteiger partial charge is 0.123 e. The number of rotatable bonds is 4. The number of nitrogens with one attached hydrogen (secondary N) is 1. The quantitative estimate of drug-likeness (QED) is 0.891. The molecule has 0 fully saturated rings. The summed E-state index contributed by atoms with van der Waals surface area (Å²) in [5.74, 6) is -0.202. The molecule has 18 heavy (non-hydrogen) atoms. The molecule has 0 amide bonds. The van der Waals surface area contributed by atoms with E-state index in [-0.39, 0.29) is 11.9 Å². The van der Waals surface area contributed by atoms with Gasteiger partial charge in [-0.2, -0.15) is 0 Å². The lowest BCUT2D eigenvalue weighted by atomic mass is 10.1. The van der Waals surface area contributed by atoms with E-state index in [1.807, 2.05) is 19.1 Å². The first-order chi connectivity index (χ1) is 8.66. The van der Waals surface area contributed by atoms with Gasteiger partial charge in [0.15, 0.2) is 0 Å². The fourth-order valence-corrected chi connectivity index (χ4v) is 1.82. The van der Waals surface area contributed by atoms with Crippen molar-refractivity contribution in [2.45, 2.75) is 26.4 Å². The van der Waals surface area contributed by atoms with Crippen molar-refractivity contribution in [1.82, 2.24) is 10.3 Å². The molecule has 3 heteroatoms. The molecular formula is C15H17FN2. The number of nitrogens with zero attached hydrogens (tertiary/aromatic N) is 1. The van der Waals surface area contributed by atoms with Gasteiger partial charge in [-0.25, -0.2) is 4.39 Å². The predicted octanol–water partition coefficient (Wildman–Crippen LogP) is 3.38. The van der Waals surface area contributed by atoms with Gasteiger partial charge < -0.3 is 5.32 Å². The van der Waals surface area contributed by atoms with Crippen molar-refractivity contribution in [2.75, 3.05) is 0 Å². The van der Waals surface area contributed by atoms with Gasteiger partial charge in [0.05, 0.1) is 5.69 Å². The van der Waals surface area contributed by atoms with Crippen LogP contribution in [0.5, 0.6) is 0 Å². The van der Waals surface area contributed by atoms with E-state index in [4.69, 9.17) is 0 Å². The lowest BCUT2D eigenvalue weighted by molar-refractivity contribution is 0.563. The molecule has 0 spiro atoms. The number of benzene rings is 1. The minimum atomic E-state index is -0.202. The SMILES string of the molecule is Cc1cccnc1CNC(C)c1ccc(F)cc1. The summed E-state index contributed by atoms with van der Waals surface area (Å²) in [4.78, 5) is 4.34. The highest BCUT2D eigenvalue weighted by Gasteiger charge is 2.06. The number of hydrogen-bond donors (Lipinski definition) is 1. The minimum absolute atomic E-state index is 0.173. The molecule has 0 aliphatic carbocycles. The van der Waals surface area contributed by atoms with Gasteiger partial charge >= 0.3 is 0 Å². The largest absolute Gasteiger partial charge is 0.305 e. The molecule has 0 radical (unpaired) electrons. The first-order valence-electron chi connectivity index (χ1n) is 6.06. The molecule has 1 unspecified atom stereocenters. The fourth-order valence-electron chi connectivity index (χ4n) is 1.82. The van der Waals surface area contributed by atoms with Crippen LogP contribution in [0.1, 0.15) is 29.8 Å². The number of aromatic nitrogens is 1. The standard InChI is InChI=1S/C15H17FN2/c1-11-4-3-9-17-15(11)10-18-12(2)13-5-7-14(16)8-6-13/h3-9,12,18H,10H2,1-2H3. The molecule has 0 saturated carbocycles. The van der Waals surface area contributed by atoms with Crippen LogP contribution in [0.2, 0.25) is 0 Å². The molecule has 1 aromatic heterocycles. The van der Waals surface area contributed by atoms with Crippen molar-refractivity contribution in [2.24, 2.45) is 0 Å². The van der Waals surface area contributed by atoms with Gasteiger partial charge in [0.2, 0.25) is 0 Å². The van der Waals surface area contributed by atoms with E-state index in [0.29, 0.717) is 6.54 Å². The summed E-state index contributed by atoms with van der Waals surface area (Å²) in [6.07, 6.45) is 1.80. The van der Waals surface area contributed by atoms with Gasteiger partial charge in [0.25, 0.3) is 0 Å². The van der Waals surface area contributed by atoms with E-state index in [0.717, 1.165) is 11.3 Å². The Morgan fingerprint density at radius 1 is 1.22 bits per heavy atom. The lowest BCUT2D eigenvalue weighted by Crippen LogP contribution is -2.19. The second-order valence-corrected chi connectivity index (χ2v) is 4.42. The molecule has 0 bridgehead atoms. The number of halogens is 1. The van der Waals surface area contributed by atoms with E-state index < -0.39 is 0 Å². The van der Waals surface area contributed by atoms with Crippen LogP contribution in [-0.2, 0) is 6.54 Å². The number of pyridine rings is 1. The molecule has 1 heterocycles. The van der Waals surface area contributed by atoms with E-state index in [9.17, 15) is 4.39 Å². The van der Waals surface area contributed by atoms with Crippen LogP contribution < -0.4 is 5.32 Å². The van der Waals surface area contributed by atoms with Gasteiger partial charge in [-0.05, 0) is 43.2 Å². The number of hydrogen-bond acceptors (Lipinski definition) is 2. The molecule has 0 aliphatic heterocycles. The second kappa shape index (κ2) is 5.74. The first-order valence-corrected chi connectivity index (χ1v) is 6.06. The molecule has 2 aromatic rings. The minimum Gasteiger partial charge on any atom is -0.305 e. The van der Waals surface area contributed by atoms with E-state index in [1.54, 1.807) is 18.3 Å². The van der Waals surface area contributed by atoms with Crippen LogP contribution in [0.3, 0.4) is 0 Å². The van der Waals surface area contributed by atoms with Crippen LogP contribution in [0.4, 0.5) is 4.39 Å². The van der Waals surface area contributed by atoms with Gasteiger partial charge in [-0.3, -0.25) is 4.98 Å². The monoisotopic (exact) mass is 244 g/mol. The number of aryl methyl sites for hydroxylation is 1. The van der Waals surface area contributed by atoms with Crippen LogP contribution in [-0.4, -0.2) is 4.98 Å². The molecule has 2 rings (SSSR count). The Hall–Kier alpha value is -1.74. The topological polar surface area (TPSA) is 24.9 Å². The second-order valence-electron chi connectivity index (χ2n) is 4.42. The Labute approximate surface area is 107 Å². The van der Waals surface area contributed by atoms with E-state index in [1.165, 1.54) is 17.7 Å². The lowest BCUT2D eigenvalue weighted by Gasteiger charge is -2.14. The third kappa shape index (κ3) is 3.14. The Morgan fingerprint density at radius 3 is 2.61 bits per heavy atom. The van der Waals surface area contributed by atoms with Gasteiger partial charge in [0, 0.05) is 18.8 Å². The molecule has 0 aliphatic rings. The highest BCUT2D eigenvalue weighted by Crippen LogP contribution is 2.14. The molecule has 1 aromatic carbocycles. The molecule has 1 N–H and O–H groups in total.